The monoisotopic (exact) mass is 504 g/mol. The average molecular weight is 505 g/mol. The van der Waals surface area contributed by atoms with Crippen LogP contribution in [0, 0.1) is 0 Å². The van der Waals surface area contributed by atoms with E-state index in [9.17, 15) is 9.90 Å². The zero-order valence-electron chi connectivity index (χ0n) is 19.6. The minimum atomic E-state index is -1.03. The third-order valence-electron chi connectivity index (χ3n) is 7.04. The van der Waals surface area contributed by atoms with Crippen molar-refractivity contribution < 1.29 is 19.4 Å². The molecular weight excluding hydrogens is 480 g/mol. The number of anilines is 2. The highest BCUT2D eigenvalue weighted by Crippen LogP contribution is 2.45. The molecule has 1 saturated heterocycles. The number of carbonyl (C=O) groups is 1. The van der Waals surface area contributed by atoms with Crippen molar-refractivity contribution >= 4 is 39.9 Å². The molecule has 1 unspecified atom stereocenters. The second kappa shape index (κ2) is 8.81. The number of rotatable bonds is 4. The number of likely N-dealkylation sites (N-methyl/N-ethyl adjacent to an activating group) is 1. The number of nitrogens with one attached hydrogen (secondary N) is 2. The molecule has 6 rings (SSSR count). The molecule has 9 heteroatoms. The molecule has 4 heterocycles. The Hall–Kier alpha value is -3.59. The number of benzene rings is 2. The van der Waals surface area contributed by atoms with Crippen LogP contribution in [-0.2, 0) is 9.53 Å². The maximum atomic E-state index is 13.3. The van der Waals surface area contributed by atoms with Crippen molar-refractivity contribution in [1.29, 1.82) is 0 Å². The lowest BCUT2D eigenvalue weighted by Crippen LogP contribution is -2.59. The smallest absolute Gasteiger partial charge is 0.252 e. The Morgan fingerprint density at radius 1 is 1.14 bits per heavy atom. The first-order valence-corrected chi connectivity index (χ1v) is 12.2. The maximum absolute atomic E-state index is 13.3. The van der Waals surface area contributed by atoms with Crippen LogP contribution in [0.4, 0.5) is 11.4 Å². The molecular formula is C27H25ClN4O4. The number of amides is 1. The van der Waals surface area contributed by atoms with Gasteiger partial charge >= 0.3 is 0 Å². The Morgan fingerprint density at radius 3 is 2.67 bits per heavy atom. The zero-order chi connectivity index (χ0) is 24.9. The van der Waals surface area contributed by atoms with E-state index in [2.05, 4.69) is 15.3 Å². The maximum Gasteiger partial charge on any atom is 0.252 e. The molecule has 1 atom stereocenters. The van der Waals surface area contributed by atoms with Crippen LogP contribution in [0.1, 0.15) is 30.1 Å². The van der Waals surface area contributed by atoms with Crippen molar-refractivity contribution in [3.63, 3.8) is 0 Å². The number of ether oxygens (including phenoxy) is 2. The number of hydrogen-bond donors (Lipinski definition) is 3. The van der Waals surface area contributed by atoms with E-state index in [1.165, 1.54) is 0 Å². The summed E-state index contributed by atoms with van der Waals surface area (Å²) in [6.07, 6.45) is 3.51. The summed E-state index contributed by atoms with van der Waals surface area (Å²) in [6.45, 7) is 1.01. The molecule has 3 N–H and O–H groups in total. The topological polar surface area (TPSA) is 99.7 Å². The van der Waals surface area contributed by atoms with E-state index in [0.29, 0.717) is 65.0 Å². The van der Waals surface area contributed by atoms with Crippen LogP contribution in [0.25, 0.3) is 11.0 Å². The molecule has 0 aliphatic carbocycles. The van der Waals surface area contributed by atoms with E-state index >= 15 is 0 Å². The van der Waals surface area contributed by atoms with Gasteiger partial charge in [0, 0.05) is 50.4 Å². The molecule has 1 amide bonds. The zero-order valence-corrected chi connectivity index (χ0v) is 20.4. The summed E-state index contributed by atoms with van der Waals surface area (Å²) in [5.41, 5.74) is 2.44. The van der Waals surface area contributed by atoms with Gasteiger partial charge < -0.3 is 29.8 Å². The molecule has 2 aliphatic heterocycles. The second-order valence-corrected chi connectivity index (χ2v) is 9.58. The Kier molecular flexibility index (Phi) is 5.59. The number of para-hydroxylation sites is 1. The van der Waals surface area contributed by atoms with Gasteiger partial charge in [-0.15, -0.1) is 0 Å². The number of H-pyrrole nitrogens is 1. The summed E-state index contributed by atoms with van der Waals surface area (Å²) in [5, 5.41) is 16.1. The van der Waals surface area contributed by atoms with Gasteiger partial charge in [0.2, 0.25) is 0 Å². The second-order valence-electron chi connectivity index (χ2n) is 9.17. The van der Waals surface area contributed by atoms with Crippen molar-refractivity contribution in [2.75, 3.05) is 30.5 Å². The lowest BCUT2D eigenvalue weighted by atomic mass is 9.85. The van der Waals surface area contributed by atoms with E-state index in [1.54, 1.807) is 42.5 Å². The predicted molar refractivity (Wildman–Crippen MR) is 138 cm³/mol. The highest BCUT2D eigenvalue weighted by Gasteiger charge is 2.46. The largest absolute Gasteiger partial charge is 0.457 e. The van der Waals surface area contributed by atoms with E-state index in [4.69, 9.17) is 21.1 Å². The first-order valence-electron chi connectivity index (χ1n) is 11.8. The summed E-state index contributed by atoms with van der Waals surface area (Å²) in [6, 6.07) is 14.7. The molecule has 36 heavy (non-hydrogen) atoms. The van der Waals surface area contributed by atoms with Gasteiger partial charge in [-0.2, -0.15) is 0 Å². The summed E-state index contributed by atoms with van der Waals surface area (Å²) in [4.78, 5) is 22.6. The number of aromatic nitrogens is 2. The quantitative estimate of drug-likeness (QED) is 0.360. The number of fused-ring (bicyclic) bond motifs is 3. The molecule has 0 bridgehead atoms. The average Bonchev–Trinajstić information content (AvgIpc) is 3.33. The van der Waals surface area contributed by atoms with E-state index in [0.717, 1.165) is 11.1 Å². The van der Waals surface area contributed by atoms with Crippen molar-refractivity contribution in [1.82, 2.24) is 9.97 Å². The summed E-state index contributed by atoms with van der Waals surface area (Å²) < 4.78 is 11.4. The molecule has 0 radical (unpaired) electrons. The Labute approximate surface area is 212 Å². The molecule has 184 valence electrons. The number of pyridine rings is 1. The number of aromatic amines is 1. The first-order chi connectivity index (χ1) is 17.5. The predicted octanol–water partition coefficient (Wildman–Crippen LogP) is 5.03. The number of halogens is 1. The fourth-order valence-corrected chi connectivity index (χ4v) is 5.35. The standard InChI is InChI=1S/C27H25ClN4O4/c1-32-21-15-30-25-22(23(21)31-27(26(32)34)9-11-35-12-10-27)19(14-29-25)24(33)18-8-7-17(13-20(18)28)36-16-5-3-2-4-6-16/h2-8,13-15,24,31,33H,9-12H2,1H3,(H,29,30). The Bertz CT molecular complexity index is 1450. The van der Waals surface area contributed by atoms with Crippen LogP contribution in [0.5, 0.6) is 11.5 Å². The Balaban J connectivity index is 1.39. The van der Waals surface area contributed by atoms with E-state index in [1.807, 2.05) is 30.3 Å². The molecule has 2 aromatic carbocycles. The third-order valence-corrected chi connectivity index (χ3v) is 7.37. The molecule has 4 aromatic rings. The minimum Gasteiger partial charge on any atom is -0.457 e. The molecule has 2 aliphatic rings. The van der Waals surface area contributed by atoms with Crippen molar-refractivity contribution in [2.24, 2.45) is 0 Å². The minimum absolute atomic E-state index is 0.00543. The van der Waals surface area contributed by atoms with Gasteiger partial charge in [-0.25, -0.2) is 4.98 Å². The number of nitrogens with zero attached hydrogens (tertiary/aromatic N) is 2. The van der Waals surface area contributed by atoms with Crippen LogP contribution in [0.3, 0.4) is 0 Å². The van der Waals surface area contributed by atoms with Crippen LogP contribution < -0.4 is 15.0 Å². The molecule has 1 spiro atoms. The van der Waals surface area contributed by atoms with Crippen molar-refractivity contribution in [2.45, 2.75) is 24.5 Å². The van der Waals surface area contributed by atoms with Gasteiger partial charge in [0.1, 0.15) is 28.8 Å². The van der Waals surface area contributed by atoms with Gasteiger partial charge in [0.15, 0.2) is 0 Å². The number of hydrogen-bond acceptors (Lipinski definition) is 6. The number of carbonyl (C=O) groups excluding carboxylic acids is 1. The summed E-state index contributed by atoms with van der Waals surface area (Å²) in [5.74, 6) is 1.26. The lowest BCUT2D eigenvalue weighted by Gasteiger charge is -2.44. The Morgan fingerprint density at radius 2 is 1.92 bits per heavy atom. The van der Waals surface area contributed by atoms with Gasteiger partial charge in [0.05, 0.1) is 28.0 Å². The SMILES string of the molecule is CN1C(=O)C2(CCOCC2)Nc2c1cnc1[nH]cc(C(O)c3ccc(Oc4ccccc4)cc3Cl)c21. The fraction of sp³-hybridized carbons (Fsp3) is 0.259. The molecule has 8 nitrogen and oxygen atoms in total. The highest BCUT2D eigenvalue weighted by molar-refractivity contribution is 6.31. The normalized spacial score (nSPS) is 17.6. The van der Waals surface area contributed by atoms with Crippen molar-refractivity contribution in [3.05, 3.63) is 77.1 Å². The van der Waals surface area contributed by atoms with Crippen LogP contribution in [0.2, 0.25) is 5.02 Å². The lowest BCUT2D eigenvalue weighted by molar-refractivity contribution is -0.125. The summed E-state index contributed by atoms with van der Waals surface area (Å²) >= 11 is 6.61. The molecule has 1 fully saturated rings. The van der Waals surface area contributed by atoms with Crippen LogP contribution in [-0.4, -0.2) is 46.8 Å². The van der Waals surface area contributed by atoms with Crippen molar-refractivity contribution in [3.8, 4) is 11.5 Å². The van der Waals surface area contributed by atoms with E-state index in [-0.39, 0.29) is 5.91 Å². The fourth-order valence-electron chi connectivity index (χ4n) is 5.07. The van der Waals surface area contributed by atoms with E-state index < -0.39 is 11.6 Å². The number of aliphatic hydroxyl groups is 1. The van der Waals surface area contributed by atoms with Crippen LogP contribution in [0.15, 0.2) is 60.9 Å². The highest BCUT2D eigenvalue weighted by atomic mass is 35.5. The van der Waals surface area contributed by atoms with Gasteiger partial charge in [0.25, 0.3) is 5.91 Å². The van der Waals surface area contributed by atoms with Crippen LogP contribution >= 0.6 is 11.6 Å². The summed E-state index contributed by atoms with van der Waals surface area (Å²) in [7, 11) is 1.76. The molecule has 0 saturated carbocycles. The van der Waals surface area contributed by atoms with Gasteiger partial charge in [-0.05, 0) is 24.3 Å². The van der Waals surface area contributed by atoms with Gasteiger partial charge in [-0.1, -0.05) is 35.9 Å². The molecule has 2 aromatic heterocycles. The first kappa shape index (κ1) is 22.8. The number of aliphatic hydroxyl groups excluding tert-OH is 1. The van der Waals surface area contributed by atoms with Gasteiger partial charge in [-0.3, -0.25) is 4.79 Å². The third kappa shape index (κ3) is 3.69.